The van der Waals surface area contributed by atoms with Gasteiger partial charge in [-0.3, -0.25) is 10.1 Å². The number of primary amides is 2. The third kappa shape index (κ3) is 2.67. The first-order valence-corrected chi connectivity index (χ1v) is 6.83. The zero-order chi connectivity index (χ0) is 16.6. The zero-order valence-corrected chi connectivity index (χ0v) is 12.1. The highest BCUT2D eigenvalue weighted by atomic mass is 16.2. The van der Waals surface area contributed by atoms with Crippen LogP contribution in [-0.2, 0) is 0 Å². The van der Waals surface area contributed by atoms with Crippen LogP contribution in [0, 0.1) is 0 Å². The summed E-state index contributed by atoms with van der Waals surface area (Å²) in [6.45, 7) is 0. The molecule has 2 aromatic carbocycles. The van der Waals surface area contributed by atoms with Crippen molar-refractivity contribution >= 4 is 34.3 Å². The largest absolute Gasteiger partial charge is 0.399 e. The van der Waals surface area contributed by atoms with Crippen molar-refractivity contribution in [3.05, 3.63) is 48.0 Å². The molecule has 3 aromatic rings. The standard InChI is InChI=1S/C16H15N5O2/c17-10-3-1-2-8(6-10)9-4-5-11-12(7-9)20-15(21-16(19)23)13(11)14(18)22/h1-7,20H,17H2,(H2,18,22)(H3,19,21,23). The third-order valence-corrected chi connectivity index (χ3v) is 3.51. The lowest BCUT2D eigenvalue weighted by Gasteiger charge is -2.03. The molecule has 0 fully saturated rings. The molecule has 0 aliphatic heterocycles. The van der Waals surface area contributed by atoms with E-state index in [0.29, 0.717) is 16.6 Å². The summed E-state index contributed by atoms with van der Waals surface area (Å²) in [5, 5.41) is 2.98. The van der Waals surface area contributed by atoms with E-state index in [-0.39, 0.29) is 11.4 Å². The molecular formula is C16H15N5O2. The molecule has 7 nitrogen and oxygen atoms in total. The number of hydrogen-bond donors (Lipinski definition) is 5. The number of amides is 3. The van der Waals surface area contributed by atoms with E-state index >= 15 is 0 Å². The van der Waals surface area contributed by atoms with Gasteiger partial charge in [-0.1, -0.05) is 24.3 Å². The summed E-state index contributed by atoms with van der Waals surface area (Å²) in [6, 6.07) is 12.1. The molecule has 0 aliphatic carbocycles. The van der Waals surface area contributed by atoms with E-state index < -0.39 is 11.9 Å². The molecule has 0 bridgehead atoms. The number of nitrogen functional groups attached to an aromatic ring is 1. The number of carbonyl (C=O) groups excluding carboxylic acids is 2. The molecule has 0 aliphatic rings. The number of hydrogen-bond acceptors (Lipinski definition) is 3. The van der Waals surface area contributed by atoms with E-state index in [1.807, 2.05) is 30.3 Å². The van der Waals surface area contributed by atoms with Crippen molar-refractivity contribution in [2.75, 3.05) is 11.1 Å². The summed E-state index contributed by atoms with van der Waals surface area (Å²) >= 11 is 0. The van der Waals surface area contributed by atoms with Gasteiger partial charge in [0.25, 0.3) is 5.91 Å². The second-order valence-electron chi connectivity index (χ2n) is 5.11. The van der Waals surface area contributed by atoms with Crippen molar-refractivity contribution in [2.45, 2.75) is 0 Å². The highest BCUT2D eigenvalue weighted by Gasteiger charge is 2.17. The van der Waals surface area contributed by atoms with Crippen LogP contribution in [0.3, 0.4) is 0 Å². The van der Waals surface area contributed by atoms with Gasteiger partial charge in [-0.15, -0.1) is 0 Å². The highest BCUT2D eigenvalue weighted by Crippen LogP contribution is 2.30. The van der Waals surface area contributed by atoms with Crippen LogP contribution in [0.4, 0.5) is 16.3 Å². The van der Waals surface area contributed by atoms with Gasteiger partial charge in [0, 0.05) is 16.6 Å². The van der Waals surface area contributed by atoms with Gasteiger partial charge in [0.2, 0.25) is 0 Å². The van der Waals surface area contributed by atoms with Crippen LogP contribution in [-0.4, -0.2) is 16.9 Å². The minimum Gasteiger partial charge on any atom is -0.399 e. The molecule has 0 saturated heterocycles. The quantitative estimate of drug-likeness (QED) is 0.472. The van der Waals surface area contributed by atoms with E-state index in [4.69, 9.17) is 17.2 Å². The van der Waals surface area contributed by atoms with Crippen LogP contribution >= 0.6 is 0 Å². The first-order valence-electron chi connectivity index (χ1n) is 6.83. The Morgan fingerprint density at radius 3 is 2.39 bits per heavy atom. The lowest BCUT2D eigenvalue weighted by molar-refractivity contribution is 0.100. The molecule has 7 heteroatoms. The summed E-state index contributed by atoms with van der Waals surface area (Å²) in [4.78, 5) is 25.7. The first kappa shape index (κ1) is 14.5. The van der Waals surface area contributed by atoms with Gasteiger partial charge < -0.3 is 22.2 Å². The lowest BCUT2D eigenvalue weighted by atomic mass is 10.0. The van der Waals surface area contributed by atoms with Crippen molar-refractivity contribution < 1.29 is 9.59 Å². The van der Waals surface area contributed by atoms with Crippen molar-refractivity contribution in [1.29, 1.82) is 0 Å². The number of benzene rings is 2. The molecule has 116 valence electrons. The average Bonchev–Trinajstić information content (AvgIpc) is 2.83. The van der Waals surface area contributed by atoms with Crippen molar-refractivity contribution in [2.24, 2.45) is 11.5 Å². The van der Waals surface area contributed by atoms with Gasteiger partial charge in [-0.05, 0) is 29.3 Å². The molecule has 1 heterocycles. The van der Waals surface area contributed by atoms with Crippen LogP contribution in [0.15, 0.2) is 42.5 Å². The number of urea groups is 1. The maximum atomic E-state index is 11.7. The van der Waals surface area contributed by atoms with Gasteiger partial charge in [0.15, 0.2) is 0 Å². The highest BCUT2D eigenvalue weighted by molar-refractivity contribution is 6.13. The Morgan fingerprint density at radius 2 is 1.74 bits per heavy atom. The molecule has 0 radical (unpaired) electrons. The summed E-state index contributed by atoms with van der Waals surface area (Å²) < 4.78 is 0. The molecule has 3 amide bonds. The van der Waals surface area contributed by atoms with Crippen LogP contribution in [0.5, 0.6) is 0 Å². The second-order valence-corrected chi connectivity index (χ2v) is 5.11. The van der Waals surface area contributed by atoms with Crippen molar-refractivity contribution in [3.63, 3.8) is 0 Å². The molecule has 23 heavy (non-hydrogen) atoms. The van der Waals surface area contributed by atoms with Gasteiger partial charge in [-0.25, -0.2) is 4.79 Å². The Balaban J connectivity index is 2.17. The topological polar surface area (TPSA) is 140 Å². The van der Waals surface area contributed by atoms with Gasteiger partial charge in [0.1, 0.15) is 5.82 Å². The predicted octanol–water partition coefficient (Wildman–Crippen LogP) is 2.01. The molecule has 3 rings (SSSR count). The second kappa shape index (κ2) is 5.38. The Morgan fingerprint density at radius 1 is 1.00 bits per heavy atom. The number of carbonyl (C=O) groups is 2. The SMILES string of the molecule is NC(=O)Nc1[nH]c2cc(-c3cccc(N)c3)ccc2c1C(N)=O. The predicted molar refractivity (Wildman–Crippen MR) is 89.9 cm³/mol. The number of rotatable bonds is 3. The van der Waals surface area contributed by atoms with Crippen LogP contribution in [0.2, 0.25) is 0 Å². The summed E-state index contributed by atoms with van der Waals surface area (Å²) in [5.74, 6) is -0.471. The van der Waals surface area contributed by atoms with E-state index in [1.54, 1.807) is 12.1 Å². The zero-order valence-electron chi connectivity index (χ0n) is 12.1. The molecule has 1 aromatic heterocycles. The van der Waals surface area contributed by atoms with Crippen LogP contribution in [0.25, 0.3) is 22.0 Å². The Labute approximate surface area is 131 Å². The summed E-state index contributed by atoms with van der Waals surface area (Å²) in [6.07, 6.45) is 0. The third-order valence-electron chi connectivity index (χ3n) is 3.51. The number of anilines is 2. The van der Waals surface area contributed by atoms with E-state index in [9.17, 15) is 9.59 Å². The van der Waals surface area contributed by atoms with Crippen molar-refractivity contribution in [3.8, 4) is 11.1 Å². The average molecular weight is 309 g/mol. The fourth-order valence-electron chi connectivity index (χ4n) is 2.57. The fourth-order valence-corrected chi connectivity index (χ4v) is 2.57. The number of aromatic nitrogens is 1. The molecule has 0 spiro atoms. The Hall–Kier alpha value is -3.48. The van der Waals surface area contributed by atoms with Crippen LogP contribution in [0.1, 0.15) is 10.4 Å². The summed E-state index contributed by atoms with van der Waals surface area (Å²) in [7, 11) is 0. The minimum absolute atomic E-state index is 0.185. The number of nitrogens with two attached hydrogens (primary N) is 3. The number of H-pyrrole nitrogens is 1. The molecular weight excluding hydrogens is 294 g/mol. The molecule has 8 N–H and O–H groups in total. The van der Waals surface area contributed by atoms with Gasteiger partial charge >= 0.3 is 6.03 Å². The Kier molecular flexibility index (Phi) is 3.38. The normalized spacial score (nSPS) is 10.6. The summed E-state index contributed by atoms with van der Waals surface area (Å²) in [5.41, 5.74) is 19.7. The number of fused-ring (bicyclic) bond motifs is 1. The van der Waals surface area contributed by atoms with Gasteiger partial charge in [-0.2, -0.15) is 0 Å². The van der Waals surface area contributed by atoms with Crippen molar-refractivity contribution in [1.82, 2.24) is 4.98 Å². The molecule has 0 atom stereocenters. The maximum Gasteiger partial charge on any atom is 0.317 e. The van der Waals surface area contributed by atoms with Gasteiger partial charge in [0.05, 0.1) is 5.56 Å². The number of nitrogens with one attached hydrogen (secondary N) is 2. The minimum atomic E-state index is -0.782. The smallest absolute Gasteiger partial charge is 0.317 e. The maximum absolute atomic E-state index is 11.7. The first-order chi connectivity index (χ1) is 11.0. The molecule has 0 unspecified atom stereocenters. The number of aromatic amines is 1. The Bertz CT molecular complexity index is 929. The monoisotopic (exact) mass is 309 g/mol. The van der Waals surface area contributed by atoms with Crippen LogP contribution < -0.4 is 22.5 Å². The lowest BCUT2D eigenvalue weighted by Crippen LogP contribution is -2.22. The van der Waals surface area contributed by atoms with E-state index in [1.165, 1.54) is 0 Å². The molecule has 0 saturated carbocycles. The fraction of sp³-hybridized carbons (Fsp3) is 0. The van der Waals surface area contributed by atoms with E-state index in [2.05, 4.69) is 10.3 Å². The van der Waals surface area contributed by atoms with E-state index in [0.717, 1.165) is 11.1 Å².